The van der Waals surface area contributed by atoms with Gasteiger partial charge < -0.3 is 10.2 Å². The summed E-state index contributed by atoms with van der Waals surface area (Å²) >= 11 is 2.14. The number of aryl methyl sites for hydroxylation is 1. The number of rotatable bonds is 11. The molecule has 186 valence electrons. The van der Waals surface area contributed by atoms with Crippen molar-refractivity contribution in [1.82, 2.24) is 10.2 Å². The average molecular weight is 600 g/mol. The Balaban J connectivity index is 2.41. The van der Waals surface area contributed by atoms with Crippen LogP contribution in [0.1, 0.15) is 38.3 Å². The zero-order valence-corrected chi connectivity index (χ0v) is 23.4. The summed E-state index contributed by atoms with van der Waals surface area (Å²) < 4.78 is 27.2. The first-order valence-electron chi connectivity index (χ1n) is 11.3. The van der Waals surface area contributed by atoms with Crippen molar-refractivity contribution in [3.05, 3.63) is 63.2 Å². The fraction of sp³-hybridized carbons (Fsp3) is 0.440. The molecule has 2 rings (SSSR count). The van der Waals surface area contributed by atoms with Gasteiger partial charge in [-0.1, -0.05) is 50.6 Å². The Morgan fingerprint density at radius 2 is 1.74 bits per heavy atom. The van der Waals surface area contributed by atoms with Crippen LogP contribution in [0.3, 0.4) is 0 Å². The lowest BCUT2D eigenvalue weighted by Crippen LogP contribution is -2.52. The van der Waals surface area contributed by atoms with Crippen LogP contribution in [0.2, 0.25) is 0 Å². The molecule has 0 fully saturated rings. The van der Waals surface area contributed by atoms with Crippen LogP contribution in [0.25, 0.3) is 0 Å². The van der Waals surface area contributed by atoms with E-state index in [1.807, 2.05) is 52.0 Å². The third kappa shape index (κ3) is 8.26. The maximum Gasteiger partial charge on any atom is 0.244 e. The third-order valence-electron chi connectivity index (χ3n) is 5.30. The van der Waals surface area contributed by atoms with Crippen molar-refractivity contribution in [3.8, 4) is 0 Å². The minimum atomic E-state index is -3.73. The Morgan fingerprint density at radius 3 is 2.26 bits per heavy atom. The quantitative estimate of drug-likeness (QED) is 0.397. The number of hydrogen-bond donors (Lipinski definition) is 1. The van der Waals surface area contributed by atoms with Crippen LogP contribution in [0, 0.1) is 16.4 Å². The first-order chi connectivity index (χ1) is 15.9. The van der Waals surface area contributed by atoms with Gasteiger partial charge in [-0.3, -0.25) is 13.9 Å². The SMILES string of the molecule is CC[C@H](C(=O)NCC(C)C)N(Cc1cccc(C)c1)C(=O)CN(c1ccc(I)cc1)S(C)(=O)=O. The number of amides is 2. The molecule has 0 unspecified atom stereocenters. The smallest absolute Gasteiger partial charge is 0.244 e. The van der Waals surface area contributed by atoms with E-state index in [0.29, 0.717) is 18.7 Å². The lowest BCUT2D eigenvalue weighted by molar-refractivity contribution is -0.140. The molecular formula is C25H34IN3O4S. The number of nitrogens with one attached hydrogen (secondary N) is 1. The van der Waals surface area contributed by atoms with Crippen molar-refractivity contribution >= 4 is 50.1 Å². The van der Waals surface area contributed by atoms with Crippen molar-refractivity contribution in [3.63, 3.8) is 0 Å². The highest BCUT2D eigenvalue weighted by Gasteiger charge is 2.31. The van der Waals surface area contributed by atoms with E-state index in [9.17, 15) is 18.0 Å². The van der Waals surface area contributed by atoms with E-state index >= 15 is 0 Å². The molecule has 0 saturated carbocycles. The van der Waals surface area contributed by atoms with Crippen LogP contribution in [-0.4, -0.2) is 50.5 Å². The summed E-state index contributed by atoms with van der Waals surface area (Å²) in [6.07, 6.45) is 1.49. The zero-order chi connectivity index (χ0) is 25.5. The summed E-state index contributed by atoms with van der Waals surface area (Å²) in [5.41, 5.74) is 2.33. The molecule has 7 nitrogen and oxygen atoms in total. The number of carbonyl (C=O) groups is 2. The molecular weight excluding hydrogens is 565 g/mol. The predicted molar refractivity (Wildman–Crippen MR) is 145 cm³/mol. The van der Waals surface area contributed by atoms with Crippen LogP contribution >= 0.6 is 22.6 Å². The summed E-state index contributed by atoms with van der Waals surface area (Å²) in [5.74, 6) is -0.404. The molecule has 1 atom stereocenters. The van der Waals surface area contributed by atoms with Gasteiger partial charge in [0.15, 0.2) is 0 Å². The maximum absolute atomic E-state index is 13.6. The number of sulfonamides is 1. The van der Waals surface area contributed by atoms with E-state index in [0.717, 1.165) is 25.3 Å². The number of anilines is 1. The van der Waals surface area contributed by atoms with Gasteiger partial charge in [-0.15, -0.1) is 0 Å². The summed E-state index contributed by atoms with van der Waals surface area (Å²) in [6, 6.07) is 13.9. The highest BCUT2D eigenvalue weighted by molar-refractivity contribution is 14.1. The summed E-state index contributed by atoms with van der Waals surface area (Å²) in [5, 5.41) is 2.92. The molecule has 1 N–H and O–H groups in total. The second kappa shape index (κ2) is 12.5. The van der Waals surface area contributed by atoms with E-state index in [1.54, 1.807) is 24.3 Å². The molecule has 0 aliphatic heterocycles. The highest BCUT2D eigenvalue weighted by Crippen LogP contribution is 2.21. The Morgan fingerprint density at radius 1 is 1.09 bits per heavy atom. The Hall–Kier alpha value is -2.14. The van der Waals surface area contributed by atoms with Crippen LogP contribution in [-0.2, 0) is 26.2 Å². The van der Waals surface area contributed by atoms with Gasteiger partial charge >= 0.3 is 0 Å². The normalized spacial score (nSPS) is 12.3. The van der Waals surface area contributed by atoms with Gasteiger partial charge in [0.25, 0.3) is 0 Å². The fourth-order valence-electron chi connectivity index (χ4n) is 3.57. The van der Waals surface area contributed by atoms with Crippen LogP contribution < -0.4 is 9.62 Å². The number of nitrogens with zero attached hydrogens (tertiary/aromatic N) is 2. The first kappa shape index (κ1) is 28.1. The first-order valence-corrected chi connectivity index (χ1v) is 14.2. The lowest BCUT2D eigenvalue weighted by Gasteiger charge is -2.33. The van der Waals surface area contributed by atoms with E-state index < -0.39 is 22.0 Å². The molecule has 2 amide bonds. The molecule has 0 aliphatic carbocycles. The van der Waals surface area contributed by atoms with Crippen LogP contribution in [0.4, 0.5) is 5.69 Å². The molecule has 0 heterocycles. The molecule has 0 spiro atoms. The zero-order valence-electron chi connectivity index (χ0n) is 20.4. The van der Waals surface area contributed by atoms with Gasteiger partial charge in [0.2, 0.25) is 21.8 Å². The average Bonchev–Trinajstić information content (AvgIpc) is 2.75. The summed E-state index contributed by atoms with van der Waals surface area (Å²) in [7, 11) is -3.73. The highest BCUT2D eigenvalue weighted by atomic mass is 127. The van der Waals surface area contributed by atoms with Gasteiger partial charge in [0, 0.05) is 16.7 Å². The van der Waals surface area contributed by atoms with Crippen molar-refractivity contribution < 1.29 is 18.0 Å². The predicted octanol–water partition coefficient (Wildman–Crippen LogP) is 3.95. The number of carbonyl (C=O) groups excluding carboxylic acids is 2. The topological polar surface area (TPSA) is 86.8 Å². The monoisotopic (exact) mass is 599 g/mol. The summed E-state index contributed by atoms with van der Waals surface area (Å²) in [6.45, 7) is 8.13. The minimum Gasteiger partial charge on any atom is -0.354 e. The molecule has 2 aromatic rings. The Kier molecular flexibility index (Phi) is 10.4. The van der Waals surface area contributed by atoms with Crippen molar-refractivity contribution in [2.75, 3.05) is 23.7 Å². The van der Waals surface area contributed by atoms with Crippen molar-refractivity contribution in [2.24, 2.45) is 5.92 Å². The van der Waals surface area contributed by atoms with E-state index in [2.05, 4.69) is 27.9 Å². The standard InChI is InChI=1S/C25H34IN3O4S/c1-6-23(25(31)27-15-18(2)3)28(16-20-9-7-8-19(4)14-20)24(30)17-29(34(5,32)33)22-12-10-21(26)11-13-22/h7-14,18,23H,6,15-17H2,1-5H3,(H,27,31)/t23-/m1/s1. The number of hydrogen-bond acceptors (Lipinski definition) is 4. The van der Waals surface area contributed by atoms with E-state index in [4.69, 9.17) is 0 Å². The van der Waals surface area contributed by atoms with Gasteiger partial charge in [-0.05, 0) is 71.7 Å². The minimum absolute atomic E-state index is 0.207. The van der Waals surface area contributed by atoms with Crippen molar-refractivity contribution in [1.29, 1.82) is 0 Å². The number of halogens is 1. The van der Waals surface area contributed by atoms with E-state index in [1.165, 1.54) is 4.90 Å². The van der Waals surface area contributed by atoms with E-state index in [-0.39, 0.29) is 24.9 Å². The third-order valence-corrected chi connectivity index (χ3v) is 7.16. The van der Waals surface area contributed by atoms with Gasteiger partial charge in [0.05, 0.1) is 11.9 Å². The van der Waals surface area contributed by atoms with Gasteiger partial charge in [-0.25, -0.2) is 8.42 Å². The van der Waals surface area contributed by atoms with Gasteiger partial charge in [0.1, 0.15) is 12.6 Å². The summed E-state index contributed by atoms with van der Waals surface area (Å²) in [4.78, 5) is 28.1. The molecule has 2 aromatic carbocycles. The molecule has 0 saturated heterocycles. The second-order valence-corrected chi connectivity index (χ2v) is 12.0. The van der Waals surface area contributed by atoms with Crippen LogP contribution in [0.5, 0.6) is 0 Å². The van der Waals surface area contributed by atoms with Crippen molar-refractivity contribution in [2.45, 2.75) is 46.7 Å². The molecule has 0 bridgehead atoms. The molecule has 9 heteroatoms. The molecule has 0 radical (unpaired) electrons. The lowest BCUT2D eigenvalue weighted by atomic mass is 10.1. The molecule has 0 aromatic heterocycles. The maximum atomic E-state index is 13.6. The largest absolute Gasteiger partial charge is 0.354 e. The van der Waals surface area contributed by atoms with Crippen LogP contribution in [0.15, 0.2) is 48.5 Å². The molecule has 0 aliphatic rings. The fourth-order valence-corrected chi connectivity index (χ4v) is 4.78. The Bertz CT molecular complexity index is 1090. The molecule has 34 heavy (non-hydrogen) atoms. The van der Waals surface area contributed by atoms with Gasteiger partial charge in [-0.2, -0.15) is 0 Å². The Labute approximate surface area is 217 Å². The second-order valence-electron chi connectivity index (χ2n) is 8.82. The number of benzene rings is 2.